The van der Waals surface area contributed by atoms with Gasteiger partial charge in [0.25, 0.3) is 0 Å². The summed E-state index contributed by atoms with van der Waals surface area (Å²) >= 11 is 5.58. The maximum Gasteiger partial charge on any atom is 0.224 e. The van der Waals surface area contributed by atoms with Crippen LogP contribution in [0.1, 0.15) is 63.9 Å². The van der Waals surface area contributed by atoms with E-state index in [-0.39, 0.29) is 17.4 Å². The normalized spacial score (nSPS) is 10.8. The molecule has 0 aliphatic heterocycles. The number of carbonyl (C=O) groups excluding carboxylic acids is 2. The first kappa shape index (κ1) is 40.7. The average Bonchev–Trinajstić information content (AvgIpc) is 3.39. The lowest BCUT2D eigenvalue weighted by atomic mass is 10.2. The molecule has 1 unspecified atom stereocenters. The van der Waals surface area contributed by atoms with Gasteiger partial charge in [0.15, 0.2) is 17.6 Å². The number of pyridine rings is 2. The van der Waals surface area contributed by atoms with E-state index < -0.39 is 0 Å². The molecule has 0 spiro atoms. The quantitative estimate of drug-likeness (QED) is 0.127. The van der Waals surface area contributed by atoms with Gasteiger partial charge in [0.05, 0.1) is 11.6 Å². The number of furan rings is 1. The zero-order chi connectivity index (χ0) is 33.3. The van der Waals surface area contributed by atoms with Gasteiger partial charge in [-0.2, -0.15) is 0 Å². The van der Waals surface area contributed by atoms with E-state index >= 15 is 0 Å². The topological polar surface area (TPSA) is 159 Å². The summed E-state index contributed by atoms with van der Waals surface area (Å²) in [5.41, 5.74) is 1.08. The minimum Gasteiger partial charge on any atom is -0.475 e. The second kappa shape index (κ2) is 25.1. The predicted octanol–water partition coefficient (Wildman–Crippen LogP) is 5.28. The Morgan fingerprint density at radius 3 is 2.43 bits per heavy atom. The number of amides is 1. The van der Waals surface area contributed by atoms with Gasteiger partial charge in [-0.25, -0.2) is 9.97 Å². The summed E-state index contributed by atoms with van der Waals surface area (Å²) in [6.45, 7) is 11.7. The number of anilines is 2. The molecule has 0 fully saturated rings. The number of ether oxygens (including phenoxy) is 2. The smallest absolute Gasteiger partial charge is 0.224 e. The highest BCUT2D eigenvalue weighted by molar-refractivity contribution is 6.30. The fourth-order valence-corrected chi connectivity index (χ4v) is 3.78. The molecule has 44 heavy (non-hydrogen) atoms. The lowest BCUT2D eigenvalue weighted by Gasteiger charge is -2.26. The van der Waals surface area contributed by atoms with Crippen molar-refractivity contribution in [2.75, 3.05) is 64.8 Å². The first-order valence-corrected chi connectivity index (χ1v) is 15.0. The molecular formula is C31H50ClN5O7. The van der Waals surface area contributed by atoms with Crippen molar-refractivity contribution in [3.8, 4) is 5.88 Å². The van der Waals surface area contributed by atoms with Gasteiger partial charge in [0.1, 0.15) is 23.6 Å². The Labute approximate surface area is 266 Å². The van der Waals surface area contributed by atoms with Crippen LogP contribution in [0.4, 0.5) is 11.5 Å². The molecule has 0 bridgehead atoms. The number of hydrogen-bond acceptors (Lipinski definition) is 11. The SMILES string of the molecule is CCC(C)N(CC)CCCO.CCCC(=O)Nc1c(C=O)oc2ccc(OCCOC)nc12.CNc1ccc(Cl)cn1.CO. The summed E-state index contributed by atoms with van der Waals surface area (Å²) in [6, 6.07) is 7.55. The van der Waals surface area contributed by atoms with Crippen molar-refractivity contribution < 1.29 is 33.7 Å². The fourth-order valence-electron chi connectivity index (χ4n) is 3.66. The zero-order valence-corrected chi connectivity index (χ0v) is 27.8. The second-order valence-electron chi connectivity index (χ2n) is 9.17. The number of hydrogen-bond donors (Lipinski definition) is 4. The summed E-state index contributed by atoms with van der Waals surface area (Å²) in [5, 5.41) is 21.9. The maximum atomic E-state index is 11.8. The molecule has 4 N–H and O–H groups in total. The highest BCUT2D eigenvalue weighted by Crippen LogP contribution is 2.30. The minimum atomic E-state index is -0.194. The molecule has 248 valence electrons. The molecule has 3 heterocycles. The third kappa shape index (κ3) is 15.4. The molecule has 12 nitrogen and oxygen atoms in total. The van der Waals surface area contributed by atoms with Crippen molar-refractivity contribution in [1.29, 1.82) is 0 Å². The summed E-state index contributed by atoms with van der Waals surface area (Å²) in [4.78, 5) is 33.5. The number of methoxy groups -OCH3 is 1. The molecule has 1 atom stereocenters. The van der Waals surface area contributed by atoms with Crippen LogP contribution >= 0.6 is 11.6 Å². The predicted molar refractivity (Wildman–Crippen MR) is 176 cm³/mol. The van der Waals surface area contributed by atoms with Crippen molar-refractivity contribution in [3.63, 3.8) is 0 Å². The van der Waals surface area contributed by atoms with E-state index in [1.165, 1.54) is 6.42 Å². The Hall–Kier alpha value is -3.29. The second-order valence-corrected chi connectivity index (χ2v) is 9.61. The number of aromatic nitrogens is 2. The average molecular weight is 640 g/mol. The van der Waals surface area contributed by atoms with Gasteiger partial charge < -0.3 is 39.6 Å². The Morgan fingerprint density at radius 2 is 1.91 bits per heavy atom. The Kier molecular flexibility index (Phi) is 23.2. The molecule has 0 radical (unpaired) electrons. The fraction of sp³-hybridized carbons (Fsp3) is 0.548. The number of fused-ring (bicyclic) bond motifs is 1. The number of rotatable bonds is 15. The molecule has 0 aliphatic rings. The largest absolute Gasteiger partial charge is 0.475 e. The van der Waals surface area contributed by atoms with Crippen LogP contribution in [0.3, 0.4) is 0 Å². The first-order valence-electron chi connectivity index (χ1n) is 14.7. The van der Waals surface area contributed by atoms with E-state index in [2.05, 4.69) is 46.3 Å². The molecule has 0 saturated heterocycles. The van der Waals surface area contributed by atoms with Gasteiger partial charge in [-0.3, -0.25) is 9.59 Å². The third-order valence-corrected chi connectivity index (χ3v) is 6.35. The lowest BCUT2D eigenvalue weighted by molar-refractivity contribution is -0.116. The Bertz CT molecular complexity index is 1180. The number of aldehydes is 1. The number of aliphatic hydroxyl groups is 2. The van der Waals surface area contributed by atoms with Gasteiger partial charge in [0.2, 0.25) is 11.8 Å². The van der Waals surface area contributed by atoms with Crippen LogP contribution in [-0.2, 0) is 9.53 Å². The van der Waals surface area contributed by atoms with Crippen LogP contribution in [0.15, 0.2) is 34.9 Å². The van der Waals surface area contributed by atoms with E-state index in [0.717, 1.165) is 32.4 Å². The van der Waals surface area contributed by atoms with E-state index in [9.17, 15) is 9.59 Å². The number of carbonyl (C=O) groups is 2. The minimum absolute atomic E-state index is 0.0426. The molecule has 0 aromatic carbocycles. The van der Waals surface area contributed by atoms with Crippen LogP contribution in [0.25, 0.3) is 11.1 Å². The molecule has 0 aliphatic carbocycles. The number of nitrogens with one attached hydrogen (secondary N) is 2. The molecule has 3 aromatic rings. The summed E-state index contributed by atoms with van der Waals surface area (Å²) in [7, 11) is 4.39. The number of nitrogens with zero attached hydrogens (tertiary/aromatic N) is 3. The zero-order valence-electron chi connectivity index (χ0n) is 27.1. The van der Waals surface area contributed by atoms with Crippen molar-refractivity contribution in [1.82, 2.24) is 14.9 Å². The van der Waals surface area contributed by atoms with Crippen LogP contribution in [-0.4, -0.2) is 97.5 Å². The van der Waals surface area contributed by atoms with E-state index in [1.54, 1.807) is 31.5 Å². The van der Waals surface area contributed by atoms with E-state index in [1.807, 2.05) is 20.0 Å². The monoisotopic (exact) mass is 639 g/mol. The number of aliphatic hydroxyl groups excluding tert-OH is 2. The van der Waals surface area contributed by atoms with Crippen LogP contribution < -0.4 is 15.4 Å². The van der Waals surface area contributed by atoms with Gasteiger partial charge in [-0.15, -0.1) is 0 Å². The highest BCUT2D eigenvalue weighted by Gasteiger charge is 2.18. The summed E-state index contributed by atoms with van der Waals surface area (Å²) in [5.74, 6) is 1.05. The Morgan fingerprint density at radius 1 is 1.18 bits per heavy atom. The van der Waals surface area contributed by atoms with Gasteiger partial charge in [-0.05, 0) is 50.9 Å². The molecule has 0 saturated carbocycles. The van der Waals surface area contributed by atoms with Crippen LogP contribution in [0, 0.1) is 0 Å². The molecule has 1 amide bonds. The molecular weight excluding hydrogens is 590 g/mol. The van der Waals surface area contributed by atoms with Gasteiger partial charge >= 0.3 is 0 Å². The van der Waals surface area contributed by atoms with Crippen molar-refractivity contribution in [2.45, 2.75) is 59.4 Å². The molecule has 3 rings (SSSR count). The van der Waals surface area contributed by atoms with E-state index in [4.69, 9.17) is 35.7 Å². The lowest BCUT2D eigenvalue weighted by Crippen LogP contribution is -2.33. The summed E-state index contributed by atoms with van der Waals surface area (Å²) < 4.78 is 15.7. The standard InChI is InChI=1S/C15H18N2O5.C9H21NO.C6H7ClN2.CH4O/c1-3-4-12(19)16-15-11(9-18)22-10-5-6-13(17-14(10)15)21-8-7-20-2;1-4-9(3)10(5-2)7-6-8-11;1-8-6-3-2-5(7)4-9-6;1-2/h5-6,9H,3-4,7-8H2,1-2H3,(H,16,19);9,11H,4-8H2,1-3H3;2-4H,1H3,(H,8,9);2H,1H3. The molecule has 13 heteroatoms. The Balaban J connectivity index is 0.000000701. The highest BCUT2D eigenvalue weighted by atomic mass is 35.5. The number of halogens is 1. The van der Waals surface area contributed by atoms with Crippen LogP contribution in [0.2, 0.25) is 5.02 Å². The maximum absolute atomic E-state index is 11.8. The van der Waals surface area contributed by atoms with Gasteiger partial charge in [0, 0.05) is 59.1 Å². The van der Waals surface area contributed by atoms with Crippen molar-refractivity contribution in [2.24, 2.45) is 0 Å². The molecule has 3 aromatic heterocycles. The van der Waals surface area contributed by atoms with Crippen LogP contribution in [0.5, 0.6) is 5.88 Å². The summed E-state index contributed by atoms with van der Waals surface area (Å²) in [6.07, 6.45) is 5.31. The van der Waals surface area contributed by atoms with Crippen molar-refractivity contribution in [3.05, 3.63) is 41.2 Å². The third-order valence-electron chi connectivity index (χ3n) is 6.13. The van der Waals surface area contributed by atoms with Gasteiger partial charge in [-0.1, -0.05) is 32.4 Å². The first-order chi connectivity index (χ1) is 21.3. The van der Waals surface area contributed by atoms with Crippen molar-refractivity contribution >= 4 is 46.4 Å². The van der Waals surface area contributed by atoms with E-state index in [0.29, 0.717) is 67.0 Å².